The van der Waals surface area contributed by atoms with Gasteiger partial charge in [0.05, 0.1) is 0 Å². The van der Waals surface area contributed by atoms with Gasteiger partial charge in [-0.05, 0) is 26.8 Å². The van der Waals surface area contributed by atoms with Gasteiger partial charge in [-0.15, -0.1) is 0 Å². The maximum Gasteiger partial charge on any atom is 0.278 e. The molecule has 0 bridgehead atoms. The fourth-order valence-electron chi connectivity index (χ4n) is 1.65. The van der Waals surface area contributed by atoms with E-state index in [1.807, 2.05) is 6.92 Å². The van der Waals surface area contributed by atoms with E-state index >= 15 is 0 Å². The Bertz CT molecular complexity index is 209. The molecule has 4 heteroatoms. The van der Waals surface area contributed by atoms with Crippen molar-refractivity contribution in [1.82, 2.24) is 0 Å². The zero-order valence-electron chi connectivity index (χ0n) is 8.64. The van der Waals surface area contributed by atoms with Crippen LogP contribution in [0.5, 0.6) is 0 Å². The van der Waals surface area contributed by atoms with Crippen molar-refractivity contribution in [2.24, 2.45) is 0 Å². The van der Waals surface area contributed by atoms with E-state index in [9.17, 15) is 14.4 Å². The van der Waals surface area contributed by atoms with Gasteiger partial charge in [0.15, 0.2) is 0 Å². The zero-order chi connectivity index (χ0) is 10.6. The predicted octanol–water partition coefficient (Wildman–Crippen LogP) is 1.23. The van der Waals surface area contributed by atoms with Crippen molar-refractivity contribution in [2.45, 2.75) is 40.2 Å². The molecule has 3 nitrogen and oxygen atoms in total. The summed E-state index contributed by atoms with van der Waals surface area (Å²) >= 11 is 0. The normalized spacial score (nSPS) is 11.1. The number of carbonyl (C=O) groups is 3. The first kappa shape index (κ1) is 12.2. The summed E-state index contributed by atoms with van der Waals surface area (Å²) in [7, 11) is -2.94. The van der Waals surface area contributed by atoms with Crippen molar-refractivity contribution in [3.05, 3.63) is 0 Å². The smallest absolute Gasteiger partial charge is 0.278 e. The molecule has 0 amide bonds. The zero-order valence-corrected chi connectivity index (χ0v) is 9.64. The quantitative estimate of drug-likeness (QED) is 0.627. The van der Waals surface area contributed by atoms with Gasteiger partial charge in [-0.2, -0.15) is 0 Å². The van der Waals surface area contributed by atoms with Crippen LogP contribution in [0.2, 0.25) is 6.04 Å². The lowest BCUT2D eigenvalue weighted by atomic mass is 10.6. The molecule has 0 atom stereocenters. The number of rotatable bonds is 5. The van der Waals surface area contributed by atoms with Crippen molar-refractivity contribution in [3.8, 4) is 0 Å². The number of hydrogen-bond donors (Lipinski definition) is 0. The maximum atomic E-state index is 11.4. The third-order valence-corrected chi connectivity index (χ3v) is 7.28. The molecule has 0 saturated heterocycles. The molecule has 13 heavy (non-hydrogen) atoms. The largest absolute Gasteiger partial charge is 0.305 e. The van der Waals surface area contributed by atoms with E-state index in [1.54, 1.807) is 0 Å². The van der Waals surface area contributed by atoms with Crippen LogP contribution in [0.4, 0.5) is 0 Å². The van der Waals surface area contributed by atoms with Crippen LogP contribution >= 0.6 is 0 Å². The van der Waals surface area contributed by atoms with Crippen molar-refractivity contribution >= 4 is 24.3 Å². The van der Waals surface area contributed by atoms with E-state index < -0.39 is 8.07 Å². The fraction of sp³-hybridized carbons (Fsp3) is 0.667. The summed E-state index contributed by atoms with van der Waals surface area (Å²) in [6, 6.07) is 0.465. The summed E-state index contributed by atoms with van der Waals surface area (Å²) in [5, 5.41) is -0.599. The van der Waals surface area contributed by atoms with Crippen LogP contribution in [0.3, 0.4) is 0 Å². The van der Waals surface area contributed by atoms with Crippen LogP contribution in [0.15, 0.2) is 0 Å². The second-order valence-corrected chi connectivity index (χ2v) is 7.75. The summed E-state index contributed by atoms with van der Waals surface area (Å²) in [6.45, 7) is 5.98. The molecule has 0 N–H and O–H groups in total. The Morgan fingerprint density at radius 2 is 1.23 bits per heavy atom. The fourth-order valence-corrected chi connectivity index (χ4v) is 4.94. The minimum absolute atomic E-state index is 0.200. The van der Waals surface area contributed by atoms with Crippen LogP contribution < -0.4 is 0 Å². The van der Waals surface area contributed by atoms with Crippen LogP contribution in [-0.4, -0.2) is 24.3 Å². The van der Waals surface area contributed by atoms with E-state index in [2.05, 4.69) is 0 Å². The Morgan fingerprint density at radius 1 is 0.923 bits per heavy atom. The molecule has 0 aliphatic heterocycles. The number of hydrogen-bond acceptors (Lipinski definition) is 3. The Balaban J connectivity index is 5.18. The molecule has 0 aliphatic carbocycles. The molecule has 0 aromatic heterocycles. The van der Waals surface area contributed by atoms with Gasteiger partial charge in [0.1, 0.15) is 16.2 Å². The van der Waals surface area contributed by atoms with Crippen molar-refractivity contribution in [1.29, 1.82) is 0 Å². The third kappa shape index (κ3) is 2.12. The van der Waals surface area contributed by atoms with Crippen molar-refractivity contribution in [2.75, 3.05) is 0 Å². The Kier molecular flexibility index (Phi) is 4.19. The predicted molar refractivity (Wildman–Crippen MR) is 52.9 cm³/mol. The van der Waals surface area contributed by atoms with Crippen molar-refractivity contribution < 1.29 is 14.4 Å². The van der Waals surface area contributed by atoms with Gasteiger partial charge in [-0.25, -0.2) is 0 Å². The molecular weight excluding hydrogens is 184 g/mol. The molecule has 0 unspecified atom stereocenters. The first-order chi connectivity index (χ1) is 5.89. The van der Waals surface area contributed by atoms with Crippen LogP contribution in [0.25, 0.3) is 0 Å². The topological polar surface area (TPSA) is 51.2 Å². The van der Waals surface area contributed by atoms with Gasteiger partial charge in [0.25, 0.3) is 8.07 Å². The van der Waals surface area contributed by atoms with Gasteiger partial charge in [0.2, 0.25) is 0 Å². The molecule has 0 aromatic carbocycles. The van der Waals surface area contributed by atoms with Gasteiger partial charge >= 0.3 is 0 Å². The monoisotopic (exact) mass is 200 g/mol. The summed E-state index contributed by atoms with van der Waals surface area (Å²) in [5.41, 5.74) is 0. The second kappa shape index (κ2) is 4.46. The molecule has 0 saturated carbocycles. The van der Waals surface area contributed by atoms with Crippen LogP contribution in [-0.2, 0) is 14.4 Å². The first-order valence-electron chi connectivity index (χ1n) is 4.42. The highest BCUT2D eigenvalue weighted by molar-refractivity contribution is 7.40. The average molecular weight is 200 g/mol. The second-order valence-electron chi connectivity index (χ2n) is 3.32. The van der Waals surface area contributed by atoms with Gasteiger partial charge in [-0.3, -0.25) is 0 Å². The molecule has 0 radical (unpaired) electrons. The minimum Gasteiger partial charge on any atom is -0.305 e. The summed E-state index contributed by atoms with van der Waals surface area (Å²) in [6.07, 6.45) is 0.713. The highest BCUT2D eigenvalue weighted by atomic mass is 28.3. The minimum atomic E-state index is -2.94. The molecule has 0 aromatic rings. The van der Waals surface area contributed by atoms with E-state index in [1.165, 1.54) is 20.8 Å². The molecule has 0 fully saturated rings. The summed E-state index contributed by atoms with van der Waals surface area (Å²) in [5.74, 6) is 0. The standard InChI is InChI=1S/C9H16O3Si/c1-5-6-13(7(2)10,8(3)11)9(4)12/h5-6H2,1-4H3. The lowest BCUT2D eigenvalue weighted by Crippen LogP contribution is -2.56. The van der Waals surface area contributed by atoms with Crippen molar-refractivity contribution in [3.63, 3.8) is 0 Å². The Labute approximate surface area is 79.5 Å². The molecule has 0 spiro atoms. The maximum absolute atomic E-state index is 11.4. The average Bonchev–Trinajstić information content (AvgIpc) is 1.97. The lowest BCUT2D eigenvalue weighted by molar-refractivity contribution is -0.117. The van der Waals surface area contributed by atoms with E-state index in [-0.39, 0.29) is 16.2 Å². The molecule has 0 aliphatic rings. The van der Waals surface area contributed by atoms with E-state index in [0.29, 0.717) is 12.5 Å². The highest BCUT2D eigenvalue weighted by Crippen LogP contribution is 2.16. The Hall–Kier alpha value is -0.773. The van der Waals surface area contributed by atoms with E-state index in [4.69, 9.17) is 0 Å². The lowest BCUT2D eigenvalue weighted by Gasteiger charge is -2.21. The van der Waals surface area contributed by atoms with Gasteiger partial charge in [0, 0.05) is 0 Å². The van der Waals surface area contributed by atoms with Crippen LogP contribution in [0.1, 0.15) is 34.1 Å². The molecular formula is C9H16O3Si. The molecule has 0 rings (SSSR count). The summed E-state index contributed by atoms with van der Waals surface area (Å²) in [4.78, 5) is 34.1. The summed E-state index contributed by atoms with van der Waals surface area (Å²) < 4.78 is 0. The SMILES string of the molecule is CCC[Si](C(C)=O)(C(C)=O)C(C)=O. The molecule has 74 valence electrons. The third-order valence-electron chi connectivity index (χ3n) is 2.43. The van der Waals surface area contributed by atoms with Gasteiger partial charge in [-0.1, -0.05) is 13.3 Å². The van der Waals surface area contributed by atoms with E-state index in [0.717, 1.165) is 0 Å². The first-order valence-corrected chi connectivity index (χ1v) is 6.63. The molecule has 0 heterocycles. The highest BCUT2D eigenvalue weighted by Gasteiger charge is 2.48. The number of carbonyl (C=O) groups excluding carboxylic acids is 3. The van der Waals surface area contributed by atoms with Crippen LogP contribution in [0, 0.1) is 0 Å². The Morgan fingerprint density at radius 3 is 1.31 bits per heavy atom. The van der Waals surface area contributed by atoms with Gasteiger partial charge < -0.3 is 14.4 Å².